The minimum absolute atomic E-state index is 0.241. The summed E-state index contributed by atoms with van der Waals surface area (Å²) in [5.41, 5.74) is 0.823. The Bertz CT molecular complexity index is 620. The maximum atomic E-state index is 12.2. The number of hydrogen-bond donors (Lipinski definition) is 0. The molecule has 1 aliphatic heterocycles. The molecule has 116 valence electrons. The normalized spacial score (nSPS) is 18.7. The van der Waals surface area contributed by atoms with E-state index in [0.29, 0.717) is 12.5 Å². The molecule has 0 spiro atoms. The molecule has 22 heavy (non-hydrogen) atoms. The van der Waals surface area contributed by atoms with Crippen LogP contribution in [0.4, 0.5) is 0 Å². The number of nitrogens with zero attached hydrogens (tertiary/aromatic N) is 3. The predicted molar refractivity (Wildman–Crippen MR) is 86.9 cm³/mol. The fraction of sp³-hybridized carbons (Fsp3) is 0.444. The first-order chi connectivity index (χ1) is 10.7. The number of rotatable bonds is 6. The monoisotopic (exact) mass is 297 g/mol. The molecule has 1 atom stereocenters. The van der Waals surface area contributed by atoms with Gasteiger partial charge in [0.1, 0.15) is 5.82 Å². The van der Waals surface area contributed by atoms with E-state index in [1.54, 1.807) is 0 Å². The van der Waals surface area contributed by atoms with Gasteiger partial charge in [-0.15, -0.1) is 0 Å². The Kier molecular flexibility index (Phi) is 4.68. The lowest BCUT2D eigenvalue weighted by Gasteiger charge is -2.25. The highest BCUT2D eigenvalue weighted by atomic mass is 16.1. The lowest BCUT2D eigenvalue weighted by atomic mass is 10.1. The number of carbonyl (C=O) groups is 1. The zero-order chi connectivity index (χ0) is 15.4. The Balaban J connectivity index is 1.55. The Labute approximate surface area is 131 Å². The molecule has 0 amide bonds. The second-order valence-electron chi connectivity index (χ2n) is 6.00. The SMILES string of the molecule is Cc1nccn1CC1CCCN1CCC(=O)c1ccccc1. The van der Waals surface area contributed by atoms with Gasteiger partial charge in [0.25, 0.3) is 0 Å². The van der Waals surface area contributed by atoms with E-state index in [1.165, 1.54) is 12.8 Å². The summed E-state index contributed by atoms with van der Waals surface area (Å²) < 4.78 is 2.21. The first kappa shape index (κ1) is 15.0. The second kappa shape index (κ2) is 6.88. The van der Waals surface area contributed by atoms with Gasteiger partial charge in [-0.05, 0) is 26.3 Å². The van der Waals surface area contributed by atoms with Gasteiger partial charge in [0.2, 0.25) is 0 Å². The summed E-state index contributed by atoms with van der Waals surface area (Å²) in [6.07, 6.45) is 6.92. The lowest BCUT2D eigenvalue weighted by molar-refractivity contribution is 0.0959. The number of ketones is 1. The molecule has 1 aromatic carbocycles. The van der Waals surface area contributed by atoms with Crippen LogP contribution in [0.1, 0.15) is 35.4 Å². The zero-order valence-electron chi connectivity index (χ0n) is 13.1. The van der Waals surface area contributed by atoms with Crippen LogP contribution in [0.15, 0.2) is 42.7 Å². The molecule has 1 unspecified atom stereocenters. The molecule has 1 aromatic heterocycles. The average molecular weight is 297 g/mol. The van der Waals surface area contributed by atoms with Gasteiger partial charge >= 0.3 is 0 Å². The van der Waals surface area contributed by atoms with Crippen molar-refractivity contribution in [2.75, 3.05) is 13.1 Å². The number of aromatic nitrogens is 2. The van der Waals surface area contributed by atoms with Gasteiger partial charge in [0, 0.05) is 43.5 Å². The van der Waals surface area contributed by atoms with E-state index in [4.69, 9.17) is 0 Å². The second-order valence-corrected chi connectivity index (χ2v) is 6.00. The summed E-state index contributed by atoms with van der Waals surface area (Å²) in [5, 5.41) is 0. The summed E-state index contributed by atoms with van der Waals surface area (Å²) in [4.78, 5) is 19.0. The number of carbonyl (C=O) groups excluding carboxylic acids is 1. The molecule has 0 saturated carbocycles. The van der Waals surface area contributed by atoms with E-state index in [-0.39, 0.29) is 5.78 Å². The van der Waals surface area contributed by atoms with E-state index in [0.717, 1.165) is 31.0 Å². The van der Waals surface area contributed by atoms with E-state index in [1.807, 2.05) is 49.6 Å². The third-order valence-corrected chi connectivity index (χ3v) is 4.55. The van der Waals surface area contributed by atoms with E-state index >= 15 is 0 Å². The molecule has 0 aliphatic carbocycles. The van der Waals surface area contributed by atoms with Crippen LogP contribution in [0.2, 0.25) is 0 Å². The highest BCUT2D eigenvalue weighted by Gasteiger charge is 2.25. The maximum absolute atomic E-state index is 12.2. The molecule has 0 radical (unpaired) electrons. The molecule has 0 N–H and O–H groups in total. The number of aryl methyl sites for hydroxylation is 1. The molecular formula is C18H23N3O. The topological polar surface area (TPSA) is 38.1 Å². The summed E-state index contributed by atoms with van der Waals surface area (Å²) in [6.45, 7) is 4.97. The van der Waals surface area contributed by atoms with Crippen molar-refractivity contribution in [3.63, 3.8) is 0 Å². The van der Waals surface area contributed by atoms with Crippen LogP contribution in [0.25, 0.3) is 0 Å². The zero-order valence-corrected chi connectivity index (χ0v) is 13.1. The van der Waals surface area contributed by atoms with E-state index in [9.17, 15) is 4.79 Å². The molecule has 4 nitrogen and oxygen atoms in total. The van der Waals surface area contributed by atoms with Crippen molar-refractivity contribution < 1.29 is 4.79 Å². The van der Waals surface area contributed by atoms with Gasteiger partial charge in [-0.2, -0.15) is 0 Å². The first-order valence-electron chi connectivity index (χ1n) is 8.04. The highest BCUT2D eigenvalue weighted by molar-refractivity contribution is 5.96. The van der Waals surface area contributed by atoms with Crippen LogP contribution in [-0.2, 0) is 6.54 Å². The molecular weight excluding hydrogens is 274 g/mol. The number of Topliss-reactive ketones (excluding diaryl/α,β-unsaturated/α-hetero) is 1. The Hall–Kier alpha value is -1.94. The third kappa shape index (κ3) is 3.45. The van der Waals surface area contributed by atoms with Gasteiger partial charge in [-0.3, -0.25) is 9.69 Å². The molecule has 2 aromatic rings. The highest BCUT2D eigenvalue weighted by Crippen LogP contribution is 2.20. The number of likely N-dealkylation sites (tertiary alicyclic amines) is 1. The third-order valence-electron chi connectivity index (χ3n) is 4.55. The molecule has 4 heteroatoms. The van der Waals surface area contributed by atoms with Crippen molar-refractivity contribution in [3.05, 3.63) is 54.1 Å². The van der Waals surface area contributed by atoms with Crippen molar-refractivity contribution in [2.45, 2.75) is 38.8 Å². The van der Waals surface area contributed by atoms with Crippen LogP contribution >= 0.6 is 0 Å². The van der Waals surface area contributed by atoms with Crippen molar-refractivity contribution in [1.82, 2.24) is 14.5 Å². The molecule has 2 heterocycles. The minimum Gasteiger partial charge on any atom is -0.334 e. The maximum Gasteiger partial charge on any atom is 0.164 e. The molecule has 3 rings (SSSR count). The molecule has 1 aliphatic rings. The van der Waals surface area contributed by atoms with Crippen molar-refractivity contribution in [1.29, 1.82) is 0 Å². The van der Waals surface area contributed by atoms with Gasteiger partial charge in [0.05, 0.1) is 0 Å². The van der Waals surface area contributed by atoms with Crippen LogP contribution in [0, 0.1) is 6.92 Å². The van der Waals surface area contributed by atoms with E-state index in [2.05, 4.69) is 14.5 Å². The summed E-state index contributed by atoms with van der Waals surface area (Å²) in [5.74, 6) is 1.30. The average Bonchev–Trinajstić information content (AvgIpc) is 3.16. The van der Waals surface area contributed by atoms with Gasteiger partial charge < -0.3 is 4.57 Å². The van der Waals surface area contributed by atoms with Crippen LogP contribution < -0.4 is 0 Å². The number of hydrogen-bond acceptors (Lipinski definition) is 3. The molecule has 0 bridgehead atoms. The lowest BCUT2D eigenvalue weighted by Crippen LogP contribution is -2.34. The summed E-state index contributed by atoms with van der Waals surface area (Å²) in [6, 6.07) is 10.1. The van der Waals surface area contributed by atoms with Gasteiger partial charge in [-0.1, -0.05) is 30.3 Å². The predicted octanol–water partition coefficient (Wildman–Crippen LogP) is 2.93. The summed E-state index contributed by atoms with van der Waals surface area (Å²) >= 11 is 0. The standard InChI is InChI=1S/C18H23N3O/c1-15-19-10-13-21(15)14-17-8-5-11-20(17)12-9-18(22)16-6-3-2-4-7-16/h2-4,6-7,10,13,17H,5,8-9,11-12,14H2,1H3. The fourth-order valence-electron chi connectivity index (χ4n) is 3.23. The summed E-state index contributed by atoms with van der Waals surface area (Å²) in [7, 11) is 0. The Morgan fingerprint density at radius 3 is 2.86 bits per heavy atom. The van der Waals surface area contributed by atoms with Crippen LogP contribution in [-0.4, -0.2) is 39.4 Å². The largest absolute Gasteiger partial charge is 0.334 e. The fourth-order valence-corrected chi connectivity index (χ4v) is 3.23. The van der Waals surface area contributed by atoms with Crippen molar-refractivity contribution in [3.8, 4) is 0 Å². The first-order valence-corrected chi connectivity index (χ1v) is 8.04. The smallest absolute Gasteiger partial charge is 0.164 e. The van der Waals surface area contributed by atoms with E-state index < -0.39 is 0 Å². The minimum atomic E-state index is 0.241. The number of benzene rings is 1. The Morgan fingerprint density at radius 2 is 2.14 bits per heavy atom. The van der Waals surface area contributed by atoms with Gasteiger partial charge in [-0.25, -0.2) is 4.98 Å². The van der Waals surface area contributed by atoms with Gasteiger partial charge in [0.15, 0.2) is 5.78 Å². The quantitative estimate of drug-likeness (QED) is 0.769. The molecule has 1 saturated heterocycles. The number of imidazole rings is 1. The van der Waals surface area contributed by atoms with Crippen LogP contribution in [0.5, 0.6) is 0 Å². The van der Waals surface area contributed by atoms with Crippen molar-refractivity contribution >= 4 is 5.78 Å². The Morgan fingerprint density at radius 1 is 1.32 bits per heavy atom. The van der Waals surface area contributed by atoms with Crippen molar-refractivity contribution in [2.24, 2.45) is 0 Å². The van der Waals surface area contributed by atoms with Crippen LogP contribution in [0.3, 0.4) is 0 Å². The molecule has 1 fully saturated rings.